The third kappa shape index (κ3) is 3.20. The molecule has 0 unspecified atom stereocenters. The van der Waals surface area contributed by atoms with E-state index in [0.29, 0.717) is 11.6 Å². The van der Waals surface area contributed by atoms with Gasteiger partial charge in [0.1, 0.15) is 12.6 Å². The van der Waals surface area contributed by atoms with Crippen LogP contribution in [0.1, 0.15) is 5.69 Å². The molecule has 0 saturated carbocycles. The number of nitrogens with zero attached hydrogens (tertiary/aromatic N) is 4. The van der Waals surface area contributed by atoms with Crippen LogP contribution in [0.4, 0.5) is 0 Å². The van der Waals surface area contributed by atoms with Gasteiger partial charge in [0.2, 0.25) is 11.0 Å². The average molecular weight is 340 g/mol. The van der Waals surface area contributed by atoms with Gasteiger partial charge in [0.05, 0.1) is 16.3 Å². The van der Waals surface area contributed by atoms with E-state index in [1.807, 2.05) is 47.8 Å². The first-order valence-corrected chi connectivity index (χ1v) is 8.83. The van der Waals surface area contributed by atoms with E-state index in [4.69, 9.17) is 4.42 Å². The first-order valence-electron chi connectivity index (χ1n) is 6.97. The highest BCUT2D eigenvalue weighted by atomic mass is 32.2. The number of rotatable bonds is 5. The van der Waals surface area contributed by atoms with Crippen molar-refractivity contribution in [2.24, 2.45) is 0 Å². The summed E-state index contributed by atoms with van der Waals surface area (Å²) < 4.78 is 7.28. The Morgan fingerprint density at radius 3 is 2.87 bits per heavy atom. The molecule has 0 aliphatic rings. The van der Waals surface area contributed by atoms with Gasteiger partial charge in [-0.15, -0.1) is 16.4 Å². The van der Waals surface area contributed by atoms with Crippen molar-refractivity contribution in [3.05, 3.63) is 66.1 Å². The Kier molecular flexibility index (Phi) is 3.95. The molecule has 0 atom stereocenters. The molecule has 0 radical (unpaired) electrons. The van der Waals surface area contributed by atoms with Crippen LogP contribution in [0.3, 0.4) is 0 Å². The molecule has 0 saturated heterocycles. The van der Waals surface area contributed by atoms with Gasteiger partial charge in [0.15, 0.2) is 0 Å². The molecule has 0 spiro atoms. The zero-order valence-corrected chi connectivity index (χ0v) is 13.6. The molecule has 23 heavy (non-hydrogen) atoms. The lowest BCUT2D eigenvalue weighted by Gasteiger charge is -1.97. The van der Waals surface area contributed by atoms with Crippen LogP contribution in [0.15, 0.2) is 70.0 Å². The third-order valence-electron chi connectivity index (χ3n) is 3.12. The largest absolute Gasteiger partial charge is 0.444 e. The van der Waals surface area contributed by atoms with Crippen LogP contribution >= 0.6 is 23.1 Å². The molecule has 1 aromatic carbocycles. The van der Waals surface area contributed by atoms with Crippen molar-refractivity contribution in [3.63, 3.8) is 0 Å². The quantitative estimate of drug-likeness (QED) is 0.508. The molecule has 0 bridgehead atoms. The normalized spacial score (nSPS) is 11.0. The van der Waals surface area contributed by atoms with Crippen molar-refractivity contribution in [1.82, 2.24) is 19.7 Å². The van der Waals surface area contributed by atoms with Crippen LogP contribution in [0.5, 0.6) is 0 Å². The number of hydrogen-bond acceptors (Lipinski definition) is 6. The SMILES string of the molecule is c1ccc(-n2cnc(SCc3coc(-c4cccs4)n3)n2)cc1. The van der Waals surface area contributed by atoms with Crippen molar-refractivity contribution in [3.8, 4) is 16.5 Å². The van der Waals surface area contributed by atoms with Gasteiger partial charge in [-0.25, -0.2) is 14.6 Å². The van der Waals surface area contributed by atoms with Crippen molar-refractivity contribution in [1.29, 1.82) is 0 Å². The standard InChI is InChI=1S/C16H12N4OS2/c1-2-5-13(6-3-1)20-11-17-16(19-20)23-10-12-9-21-15(18-12)14-7-4-8-22-14/h1-9,11H,10H2. The molecule has 7 heteroatoms. The van der Waals surface area contributed by atoms with Gasteiger partial charge in [-0.3, -0.25) is 0 Å². The summed E-state index contributed by atoms with van der Waals surface area (Å²) in [6.45, 7) is 0. The maximum Gasteiger partial charge on any atom is 0.236 e. The zero-order valence-electron chi connectivity index (χ0n) is 12.0. The number of oxazole rings is 1. The Morgan fingerprint density at radius 2 is 2.04 bits per heavy atom. The minimum absolute atomic E-state index is 0.665. The van der Waals surface area contributed by atoms with Gasteiger partial charge >= 0.3 is 0 Å². The monoisotopic (exact) mass is 340 g/mol. The summed E-state index contributed by atoms with van der Waals surface area (Å²) in [4.78, 5) is 9.85. The molecule has 0 amide bonds. The predicted molar refractivity (Wildman–Crippen MR) is 90.7 cm³/mol. The van der Waals surface area contributed by atoms with Crippen LogP contribution in [0.25, 0.3) is 16.5 Å². The number of thiophene rings is 1. The number of thioether (sulfide) groups is 1. The molecule has 3 aromatic heterocycles. The highest BCUT2D eigenvalue weighted by Gasteiger charge is 2.09. The van der Waals surface area contributed by atoms with Gasteiger partial charge < -0.3 is 4.42 Å². The fourth-order valence-electron chi connectivity index (χ4n) is 2.04. The third-order valence-corrected chi connectivity index (χ3v) is 4.87. The first-order chi connectivity index (χ1) is 11.4. The molecule has 0 aliphatic carbocycles. The van der Waals surface area contributed by atoms with E-state index in [1.165, 1.54) is 11.8 Å². The van der Waals surface area contributed by atoms with Crippen LogP contribution in [0.2, 0.25) is 0 Å². The highest BCUT2D eigenvalue weighted by molar-refractivity contribution is 7.98. The van der Waals surface area contributed by atoms with Crippen LogP contribution in [-0.4, -0.2) is 19.7 Å². The van der Waals surface area contributed by atoms with Crippen molar-refractivity contribution < 1.29 is 4.42 Å². The number of aromatic nitrogens is 4. The van der Waals surface area contributed by atoms with Gasteiger partial charge in [-0.05, 0) is 23.6 Å². The second kappa shape index (κ2) is 6.39. The van der Waals surface area contributed by atoms with Crippen LogP contribution in [-0.2, 0) is 5.75 Å². The Labute approximate surface area is 141 Å². The zero-order chi connectivity index (χ0) is 15.5. The number of benzene rings is 1. The minimum atomic E-state index is 0.665. The lowest BCUT2D eigenvalue weighted by molar-refractivity contribution is 0.575. The van der Waals surface area contributed by atoms with E-state index in [2.05, 4.69) is 15.1 Å². The summed E-state index contributed by atoms with van der Waals surface area (Å²) in [7, 11) is 0. The predicted octanol–water partition coefficient (Wildman–Crippen LogP) is 4.28. The Hall–Kier alpha value is -2.38. The summed E-state index contributed by atoms with van der Waals surface area (Å²) in [5.41, 5.74) is 1.88. The molecule has 114 valence electrons. The maximum atomic E-state index is 5.51. The summed E-state index contributed by atoms with van der Waals surface area (Å²) in [5.74, 6) is 1.34. The molecule has 4 aromatic rings. The topological polar surface area (TPSA) is 56.7 Å². The molecular weight excluding hydrogens is 328 g/mol. The second-order valence-corrected chi connectivity index (χ2v) is 6.61. The minimum Gasteiger partial charge on any atom is -0.444 e. The molecule has 0 aliphatic heterocycles. The van der Waals surface area contributed by atoms with Crippen LogP contribution in [0, 0.1) is 0 Å². The molecule has 3 heterocycles. The van der Waals surface area contributed by atoms with Gasteiger partial charge in [0.25, 0.3) is 0 Å². The van der Waals surface area contributed by atoms with E-state index < -0.39 is 0 Å². The smallest absolute Gasteiger partial charge is 0.236 e. The van der Waals surface area contributed by atoms with E-state index in [-0.39, 0.29) is 0 Å². The van der Waals surface area contributed by atoms with E-state index in [0.717, 1.165) is 21.4 Å². The van der Waals surface area contributed by atoms with Crippen LogP contribution < -0.4 is 0 Å². The fraction of sp³-hybridized carbons (Fsp3) is 0.0625. The van der Waals surface area contributed by atoms with E-state index in [9.17, 15) is 0 Å². The molecule has 4 rings (SSSR count). The maximum absolute atomic E-state index is 5.51. The summed E-state index contributed by atoms with van der Waals surface area (Å²) in [6, 6.07) is 13.9. The molecule has 0 N–H and O–H groups in total. The van der Waals surface area contributed by atoms with Gasteiger partial charge in [0, 0.05) is 5.75 Å². The first kappa shape index (κ1) is 14.2. The van der Waals surface area contributed by atoms with Crippen molar-refractivity contribution >= 4 is 23.1 Å². The molecule has 5 nitrogen and oxygen atoms in total. The molecule has 0 fully saturated rings. The second-order valence-electron chi connectivity index (χ2n) is 4.72. The molecular formula is C16H12N4OS2. The number of hydrogen-bond donors (Lipinski definition) is 0. The highest BCUT2D eigenvalue weighted by Crippen LogP contribution is 2.26. The number of para-hydroxylation sites is 1. The average Bonchev–Trinajstić information content (AvgIpc) is 3.33. The lowest BCUT2D eigenvalue weighted by atomic mass is 10.3. The van der Waals surface area contributed by atoms with Gasteiger partial charge in [-0.2, -0.15) is 0 Å². The van der Waals surface area contributed by atoms with E-state index >= 15 is 0 Å². The fourth-order valence-corrected chi connectivity index (χ4v) is 3.38. The summed E-state index contributed by atoms with van der Waals surface area (Å²) in [5, 5.41) is 7.19. The lowest BCUT2D eigenvalue weighted by Crippen LogP contribution is -1.93. The summed E-state index contributed by atoms with van der Waals surface area (Å²) in [6.07, 6.45) is 3.41. The van der Waals surface area contributed by atoms with Gasteiger partial charge in [-0.1, -0.05) is 36.0 Å². The summed E-state index contributed by atoms with van der Waals surface area (Å²) >= 11 is 3.15. The Morgan fingerprint density at radius 1 is 1.13 bits per heavy atom. The Bertz CT molecular complexity index is 884. The van der Waals surface area contributed by atoms with Crippen molar-refractivity contribution in [2.75, 3.05) is 0 Å². The van der Waals surface area contributed by atoms with Crippen molar-refractivity contribution in [2.45, 2.75) is 10.9 Å². The Balaban J connectivity index is 1.43. The van der Waals surface area contributed by atoms with E-state index in [1.54, 1.807) is 28.6 Å².